The highest BCUT2D eigenvalue weighted by Crippen LogP contribution is 2.32. The molecule has 5 heteroatoms. The van der Waals surface area contributed by atoms with Crippen molar-refractivity contribution in [1.29, 1.82) is 0 Å². The average Bonchev–Trinajstić information content (AvgIpc) is 3.29. The second-order valence-corrected chi connectivity index (χ2v) is 9.31. The van der Waals surface area contributed by atoms with E-state index in [0.717, 1.165) is 64.0 Å². The third-order valence-electron chi connectivity index (χ3n) is 7.02. The lowest BCUT2D eigenvalue weighted by atomic mass is 9.80. The smallest absolute Gasteiger partial charge is 0.227 e. The van der Waals surface area contributed by atoms with E-state index in [1.807, 2.05) is 12.1 Å². The zero-order valence-corrected chi connectivity index (χ0v) is 17.7. The molecule has 2 heterocycles. The van der Waals surface area contributed by atoms with Gasteiger partial charge in [0.05, 0.1) is 0 Å². The second-order valence-electron chi connectivity index (χ2n) is 9.31. The molecule has 1 unspecified atom stereocenters. The summed E-state index contributed by atoms with van der Waals surface area (Å²) in [5.74, 6) is 1.19. The summed E-state index contributed by atoms with van der Waals surface area (Å²) in [6.07, 6.45) is 8.21. The Morgan fingerprint density at radius 3 is 2.17 bits per heavy atom. The largest absolute Gasteiger partial charge is 0.372 e. The van der Waals surface area contributed by atoms with Crippen LogP contribution in [0.1, 0.15) is 58.3 Å². The van der Waals surface area contributed by atoms with Gasteiger partial charge in [0.25, 0.3) is 0 Å². The Balaban J connectivity index is 1.25. The Morgan fingerprint density at radius 1 is 0.862 bits per heavy atom. The molecule has 2 aliphatic heterocycles. The maximum Gasteiger partial charge on any atom is 0.227 e. The van der Waals surface area contributed by atoms with Crippen molar-refractivity contribution in [2.45, 2.75) is 58.3 Å². The first kappa shape index (κ1) is 20.2. The van der Waals surface area contributed by atoms with Crippen molar-refractivity contribution in [2.75, 3.05) is 36.4 Å². The van der Waals surface area contributed by atoms with E-state index in [4.69, 9.17) is 0 Å². The molecular formula is C24H35N3O2. The highest BCUT2D eigenvalue weighted by Gasteiger charge is 2.33. The number of hydrogen-bond donors (Lipinski definition) is 1. The highest BCUT2D eigenvalue weighted by molar-refractivity contribution is 5.93. The highest BCUT2D eigenvalue weighted by atomic mass is 16.2. The van der Waals surface area contributed by atoms with Gasteiger partial charge in [0.2, 0.25) is 11.8 Å². The van der Waals surface area contributed by atoms with Crippen LogP contribution in [0.2, 0.25) is 0 Å². The molecule has 158 valence electrons. The van der Waals surface area contributed by atoms with Gasteiger partial charge in [-0.15, -0.1) is 0 Å². The van der Waals surface area contributed by atoms with E-state index in [-0.39, 0.29) is 17.7 Å². The number of benzene rings is 1. The van der Waals surface area contributed by atoms with Gasteiger partial charge in [-0.3, -0.25) is 9.59 Å². The minimum atomic E-state index is 0.0255. The number of rotatable bonds is 4. The number of carbonyl (C=O) groups excluding carboxylic acids is 2. The van der Waals surface area contributed by atoms with Crippen molar-refractivity contribution in [3.05, 3.63) is 24.3 Å². The van der Waals surface area contributed by atoms with E-state index < -0.39 is 0 Å². The van der Waals surface area contributed by atoms with Crippen molar-refractivity contribution < 1.29 is 9.59 Å². The maximum atomic E-state index is 12.8. The number of piperidine rings is 1. The summed E-state index contributed by atoms with van der Waals surface area (Å²) in [6.45, 7) is 6.32. The molecule has 1 saturated carbocycles. The van der Waals surface area contributed by atoms with Crippen LogP contribution < -0.4 is 10.2 Å². The van der Waals surface area contributed by atoms with Crippen LogP contribution in [0, 0.1) is 17.8 Å². The second kappa shape index (κ2) is 9.19. The van der Waals surface area contributed by atoms with E-state index in [9.17, 15) is 9.59 Å². The average molecular weight is 398 g/mol. The summed E-state index contributed by atoms with van der Waals surface area (Å²) >= 11 is 0. The number of amides is 2. The first-order valence-corrected chi connectivity index (χ1v) is 11.5. The molecule has 29 heavy (non-hydrogen) atoms. The molecule has 1 aromatic rings. The summed E-state index contributed by atoms with van der Waals surface area (Å²) in [4.78, 5) is 30.0. The standard InChI is InChI=1S/C24H35N3O2/c1-18-5-4-16-27(17-18)24(29)20-8-6-19(7-9-20)23(28)25-21-10-12-22(13-11-21)26-14-2-3-15-26/h10-13,18-20H,2-9,14-17H2,1H3,(H,25,28). The summed E-state index contributed by atoms with van der Waals surface area (Å²) in [6, 6.07) is 8.24. The first-order chi connectivity index (χ1) is 14.1. The van der Waals surface area contributed by atoms with E-state index >= 15 is 0 Å². The van der Waals surface area contributed by atoms with Crippen LogP contribution in [0.25, 0.3) is 0 Å². The predicted octanol–water partition coefficient (Wildman–Crippen LogP) is 4.29. The maximum absolute atomic E-state index is 12.8. The molecule has 0 radical (unpaired) electrons. The molecule has 3 fully saturated rings. The lowest BCUT2D eigenvalue weighted by Gasteiger charge is -2.35. The van der Waals surface area contributed by atoms with E-state index in [1.54, 1.807) is 0 Å². The summed E-state index contributed by atoms with van der Waals surface area (Å²) in [7, 11) is 0. The summed E-state index contributed by atoms with van der Waals surface area (Å²) in [5.41, 5.74) is 2.12. The Labute approximate surface area is 174 Å². The molecule has 3 aliphatic rings. The van der Waals surface area contributed by atoms with Gasteiger partial charge in [-0.2, -0.15) is 0 Å². The lowest BCUT2D eigenvalue weighted by molar-refractivity contribution is -0.139. The molecule has 2 amide bonds. The monoisotopic (exact) mass is 397 g/mol. The lowest BCUT2D eigenvalue weighted by Crippen LogP contribution is -2.43. The van der Waals surface area contributed by atoms with Crippen molar-refractivity contribution in [3.8, 4) is 0 Å². The molecule has 0 bridgehead atoms. The minimum absolute atomic E-state index is 0.0255. The molecule has 5 nitrogen and oxygen atoms in total. The zero-order valence-electron chi connectivity index (χ0n) is 17.7. The first-order valence-electron chi connectivity index (χ1n) is 11.5. The topological polar surface area (TPSA) is 52.7 Å². The van der Waals surface area contributed by atoms with Gasteiger partial charge >= 0.3 is 0 Å². The van der Waals surface area contributed by atoms with Crippen LogP contribution >= 0.6 is 0 Å². The molecule has 1 N–H and O–H groups in total. The fourth-order valence-electron chi connectivity index (χ4n) is 5.23. The van der Waals surface area contributed by atoms with E-state index in [1.165, 1.54) is 24.9 Å². The molecule has 1 aromatic carbocycles. The summed E-state index contributed by atoms with van der Waals surface area (Å²) in [5, 5.41) is 3.09. The van der Waals surface area contributed by atoms with Gasteiger partial charge in [0, 0.05) is 49.4 Å². The van der Waals surface area contributed by atoms with Crippen LogP contribution in [0.5, 0.6) is 0 Å². The quantitative estimate of drug-likeness (QED) is 0.825. The number of likely N-dealkylation sites (tertiary alicyclic amines) is 1. The van der Waals surface area contributed by atoms with Gasteiger partial charge in [-0.1, -0.05) is 6.92 Å². The van der Waals surface area contributed by atoms with Crippen LogP contribution in [0.15, 0.2) is 24.3 Å². The van der Waals surface area contributed by atoms with Gasteiger partial charge in [-0.25, -0.2) is 0 Å². The number of carbonyl (C=O) groups is 2. The zero-order chi connectivity index (χ0) is 20.2. The number of nitrogens with one attached hydrogen (secondary N) is 1. The number of hydrogen-bond acceptors (Lipinski definition) is 3. The van der Waals surface area contributed by atoms with E-state index in [0.29, 0.717) is 11.8 Å². The molecule has 4 rings (SSSR count). The molecule has 0 aromatic heterocycles. The number of nitrogens with zero attached hydrogens (tertiary/aromatic N) is 2. The third kappa shape index (κ3) is 4.93. The van der Waals surface area contributed by atoms with Crippen LogP contribution in [-0.2, 0) is 9.59 Å². The Morgan fingerprint density at radius 2 is 1.52 bits per heavy atom. The van der Waals surface area contributed by atoms with E-state index in [2.05, 4.69) is 34.2 Å². The van der Waals surface area contributed by atoms with Crippen molar-refractivity contribution >= 4 is 23.2 Å². The van der Waals surface area contributed by atoms with Gasteiger partial charge < -0.3 is 15.1 Å². The van der Waals surface area contributed by atoms with Crippen LogP contribution in [-0.4, -0.2) is 42.9 Å². The van der Waals surface area contributed by atoms with Crippen LogP contribution in [0.4, 0.5) is 11.4 Å². The normalized spacial score (nSPS) is 27.7. The van der Waals surface area contributed by atoms with Gasteiger partial charge in [0.1, 0.15) is 0 Å². The molecule has 0 spiro atoms. The van der Waals surface area contributed by atoms with Crippen LogP contribution in [0.3, 0.4) is 0 Å². The summed E-state index contributed by atoms with van der Waals surface area (Å²) < 4.78 is 0. The molecular weight excluding hydrogens is 362 g/mol. The Bertz CT molecular complexity index is 703. The Hall–Kier alpha value is -2.04. The molecule has 1 aliphatic carbocycles. The van der Waals surface area contributed by atoms with Gasteiger partial charge in [-0.05, 0) is 81.5 Å². The minimum Gasteiger partial charge on any atom is -0.372 e. The number of anilines is 2. The van der Waals surface area contributed by atoms with Crippen molar-refractivity contribution in [1.82, 2.24) is 4.90 Å². The van der Waals surface area contributed by atoms with Crippen molar-refractivity contribution in [2.24, 2.45) is 17.8 Å². The fraction of sp³-hybridized carbons (Fsp3) is 0.667. The SMILES string of the molecule is CC1CCCN(C(=O)C2CCC(C(=O)Nc3ccc(N4CCCC4)cc3)CC2)C1. The third-order valence-corrected chi connectivity index (χ3v) is 7.02. The predicted molar refractivity (Wildman–Crippen MR) is 117 cm³/mol. The molecule has 2 saturated heterocycles. The van der Waals surface area contributed by atoms with Crippen molar-refractivity contribution in [3.63, 3.8) is 0 Å². The Kier molecular flexibility index (Phi) is 6.41. The fourth-order valence-corrected chi connectivity index (χ4v) is 5.23. The molecule has 1 atom stereocenters. The van der Waals surface area contributed by atoms with Gasteiger partial charge in [0.15, 0.2) is 0 Å².